The van der Waals surface area contributed by atoms with Gasteiger partial charge in [-0.3, -0.25) is 19.3 Å². The molecule has 3 atom stereocenters. The van der Waals surface area contributed by atoms with Crippen molar-refractivity contribution in [1.29, 1.82) is 0 Å². The van der Waals surface area contributed by atoms with Gasteiger partial charge in [-0.25, -0.2) is 4.98 Å². The fraction of sp³-hybridized carbons (Fsp3) is 0.419. The lowest BCUT2D eigenvalue weighted by Crippen LogP contribution is -2.52. The van der Waals surface area contributed by atoms with E-state index in [1.54, 1.807) is 24.1 Å². The van der Waals surface area contributed by atoms with Crippen LogP contribution in [-0.4, -0.2) is 64.0 Å². The van der Waals surface area contributed by atoms with Gasteiger partial charge < -0.3 is 19.1 Å². The summed E-state index contributed by atoms with van der Waals surface area (Å²) in [5.41, 5.74) is 1.28. The second-order valence-corrected chi connectivity index (χ2v) is 11.7. The molecule has 5 heterocycles. The number of rotatable bonds is 5. The van der Waals surface area contributed by atoms with Crippen LogP contribution in [0.4, 0.5) is 30.4 Å². The van der Waals surface area contributed by atoms with Gasteiger partial charge in [0.2, 0.25) is 29.5 Å². The third kappa shape index (κ3) is 5.42. The molecule has 2 fully saturated rings. The molecule has 6 rings (SSSR count). The van der Waals surface area contributed by atoms with Gasteiger partial charge in [0.1, 0.15) is 17.9 Å². The number of carbonyl (C=O) groups excluding carboxylic acids is 3. The molecule has 2 saturated heterocycles. The summed E-state index contributed by atoms with van der Waals surface area (Å²) in [6.45, 7) is 7.78. The topological polar surface area (TPSA) is 116 Å². The smallest absolute Gasteiger partial charge is 0.416 e. The molecule has 236 valence electrons. The Morgan fingerprint density at radius 3 is 2.69 bits per heavy atom. The zero-order chi connectivity index (χ0) is 32.2. The second kappa shape index (κ2) is 11.3. The summed E-state index contributed by atoms with van der Waals surface area (Å²) in [5.74, 6) is -1.35. The Hall–Kier alpha value is -4.75. The van der Waals surface area contributed by atoms with E-state index in [-0.39, 0.29) is 48.9 Å². The fourth-order valence-electron chi connectivity index (χ4n) is 6.68. The first-order valence-electron chi connectivity index (χ1n) is 14.6. The van der Waals surface area contributed by atoms with Crippen LogP contribution in [0.5, 0.6) is 0 Å². The molecular formula is C31H32F3N7O4. The number of halogens is 3. The second-order valence-electron chi connectivity index (χ2n) is 11.7. The first-order valence-corrected chi connectivity index (χ1v) is 14.6. The van der Waals surface area contributed by atoms with Crippen LogP contribution in [0.1, 0.15) is 53.9 Å². The van der Waals surface area contributed by atoms with E-state index < -0.39 is 35.5 Å². The standard InChI is InChI=1S/C31H32F3N7O4/c1-5-25(42)40-11-7-10-22(40)29-37-36-24(45-29)16-39-15-19-13-26(43)41(23-14-20(31(32,33)34)12-18(3)35-23)28(19)30(44)38(4)21-9-6-8-17(2)27(21)39/h5-6,8-9,12,14,19,22,28H,1,7,10-11,13,15-16H2,2-4H3/t19-,22+,28+/m1/s1. The van der Waals surface area contributed by atoms with E-state index in [1.165, 1.54) is 17.9 Å². The number of fused-ring (bicyclic) bond motifs is 2. The molecule has 0 spiro atoms. The van der Waals surface area contributed by atoms with Crippen molar-refractivity contribution in [3.63, 3.8) is 0 Å². The Kier molecular flexibility index (Phi) is 7.61. The number of likely N-dealkylation sites (N-methyl/N-ethyl adjacent to an activating group) is 1. The van der Waals surface area contributed by atoms with E-state index in [9.17, 15) is 27.6 Å². The largest absolute Gasteiger partial charge is 0.421 e. The number of amides is 3. The van der Waals surface area contributed by atoms with Crippen molar-refractivity contribution in [3.8, 4) is 0 Å². The Bertz CT molecular complexity index is 1690. The molecule has 3 aliphatic rings. The molecule has 0 unspecified atom stereocenters. The SMILES string of the molecule is C=CC(=O)N1CCC[C@H]1c1nnc(CN2C[C@H]3CC(=O)N(c4cc(C(F)(F)F)cc(C)n4)[C@@H]3C(=O)N(C)c3cccc(C)c32)o1. The Balaban J connectivity index is 1.37. The van der Waals surface area contributed by atoms with E-state index in [0.717, 1.165) is 34.7 Å². The molecule has 0 bridgehead atoms. The summed E-state index contributed by atoms with van der Waals surface area (Å²) < 4.78 is 47.2. The minimum Gasteiger partial charge on any atom is -0.421 e. The first-order chi connectivity index (χ1) is 21.4. The maximum Gasteiger partial charge on any atom is 0.416 e. The molecule has 3 amide bonds. The van der Waals surface area contributed by atoms with Gasteiger partial charge in [-0.1, -0.05) is 18.7 Å². The molecule has 0 N–H and O–H groups in total. The predicted molar refractivity (Wildman–Crippen MR) is 157 cm³/mol. The quantitative estimate of drug-likeness (QED) is 0.386. The number of pyridine rings is 1. The number of para-hydroxylation sites is 1. The summed E-state index contributed by atoms with van der Waals surface area (Å²) in [4.78, 5) is 50.3. The number of alkyl halides is 3. The molecule has 3 aliphatic heterocycles. The Morgan fingerprint density at radius 2 is 1.96 bits per heavy atom. The van der Waals surface area contributed by atoms with Crippen LogP contribution >= 0.6 is 0 Å². The highest BCUT2D eigenvalue weighted by Crippen LogP contribution is 2.42. The Morgan fingerprint density at radius 1 is 1.18 bits per heavy atom. The van der Waals surface area contributed by atoms with Crippen LogP contribution in [0.25, 0.3) is 0 Å². The van der Waals surface area contributed by atoms with Crippen LogP contribution in [0.15, 0.2) is 47.4 Å². The number of anilines is 3. The molecule has 3 aromatic rings. The van der Waals surface area contributed by atoms with E-state index in [1.807, 2.05) is 17.9 Å². The van der Waals surface area contributed by atoms with Gasteiger partial charge >= 0.3 is 6.18 Å². The summed E-state index contributed by atoms with van der Waals surface area (Å²) >= 11 is 0. The highest BCUT2D eigenvalue weighted by molar-refractivity contribution is 6.10. The van der Waals surface area contributed by atoms with E-state index >= 15 is 0 Å². The van der Waals surface area contributed by atoms with Gasteiger partial charge in [-0.2, -0.15) is 13.2 Å². The molecule has 0 aliphatic carbocycles. The lowest BCUT2D eigenvalue weighted by molar-refractivity contribution is -0.137. The van der Waals surface area contributed by atoms with Crippen molar-refractivity contribution in [2.45, 2.75) is 57.9 Å². The van der Waals surface area contributed by atoms with Crippen molar-refractivity contribution in [1.82, 2.24) is 20.1 Å². The number of likely N-dealkylation sites (tertiary alicyclic amines) is 1. The molecule has 11 nitrogen and oxygen atoms in total. The van der Waals surface area contributed by atoms with Crippen LogP contribution in [0.3, 0.4) is 0 Å². The average molecular weight is 624 g/mol. The zero-order valence-electron chi connectivity index (χ0n) is 25.0. The monoisotopic (exact) mass is 623 g/mol. The van der Waals surface area contributed by atoms with Gasteiger partial charge in [0.05, 0.1) is 23.5 Å². The van der Waals surface area contributed by atoms with Crippen molar-refractivity contribution in [2.24, 2.45) is 5.92 Å². The number of hydrogen-bond donors (Lipinski definition) is 0. The third-order valence-electron chi connectivity index (χ3n) is 8.68. The molecule has 1 aromatic carbocycles. The van der Waals surface area contributed by atoms with Gasteiger partial charge in [-0.15, -0.1) is 10.2 Å². The molecular weight excluding hydrogens is 591 g/mol. The number of carbonyl (C=O) groups is 3. The number of aryl methyl sites for hydroxylation is 2. The summed E-state index contributed by atoms with van der Waals surface area (Å²) in [7, 11) is 1.59. The minimum absolute atomic E-state index is 0.0747. The first kappa shape index (κ1) is 30.3. The maximum absolute atomic E-state index is 14.1. The maximum atomic E-state index is 14.1. The molecule has 2 aromatic heterocycles. The van der Waals surface area contributed by atoms with Crippen LogP contribution < -0.4 is 14.7 Å². The lowest BCUT2D eigenvalue weighted by atomic mass is 9.95. The summed E-state index contributed by atoms with van der Waals surface area (Å²) in [5, 5.41) is 8.52. The van der Waals surface area contributed by atoms with Gasteiger partial charge in [0.15, 0.2) is 0 Å². The molecule has 14 heteroatoms. The van der Waals surface area contributed by atoms with Crippen LogP contribution in [0, 0.1) is 19.8 Å². The highest BCUT2D eigenvalue weighted by atomic mass is 19.4. The fourth-order valence-corrected chi connectivity index (χ4v) is 6.68. The summed E-state index contributed by atoms with van der Waals surface area (Å²) in [6, 6.07) is 5.75. The third-order valence-corrected chi connectivity index (χ3v) is 8.68. The van der Waals surface area contributed by atoms with Crippen molar-refractivity contribution in [2.75, 3.05) is 34.8 Å². The number of nitrogens with zero attached hydrogens (tertiary/aromatic N) is 7. The van der Waals surface area contributed by atoms with Crippen molar-refractivity contribution >= 4 is 34.9 Å². The average Bonchev–Trinajstić information content (AvgIpc) is 3.73. The van der Waals surface area contributed by atoms with Gasteiger partial charge in [0, 0.05) is 38.2 Å². The van der Waals surface area contributed by atoms with Crippen LogP contribution in [-0.2, 0) is 27.1 Å². The van der Waals surface area contributed by atoms with Crippen molar-refractivity contribution < 1.29 is 32.0 Å². The lowest BCUT2D eigenvalue weighted by Gasteiger charge is -2.39. The highest BCUT2D eigenvalue weighted by Gasteiger charge is 2.49. The number of benzene rings is 1. The van der Waals surface area contributed by atoms with Crippen molar-refractivity contribution in [3.05, 3.63) is 71.6 Å². The van der Waals surface area contributed by atoms with Gasteiger partial charge in [-0.05, 0) is 56.5 Å². The zero-order valence-corrected chi connectivity index (χ0v) is 25.0. The number of aromatic nitrogens is 3. The normalized spacial score (nSPS) is 22.0. The minimum atomic E-state index is -4.66. The van der Waals surface area contributed by atoms with E-state index in [4.69, 9.17) is 4.42 Å². The van der Waals surface area contributed by atoms with E-state index in [0.29, 0.717) is 24.5 Å². The molecule has 0 radical (unpaired) electrons. The molecule has 0 saturated carbocycles. The van der Waals surface area contributed by atoms with Crippen LogP contribution in [0.2, 0.25) is 0 Å². The predicted octanol–water partition coefficient (Wildman–Crippen LogP) is 4.35. The molecule has 45 heavy (non-hydrogen) atoms. The number of hydrogen-bond acceptors (Lipinski definition) is 8. The Labute approximate surface area is 257 Å². The van der Waals surface area contributed by atoms with Gasteiger partial charge in [0.25, 0.3) is 0 Å². The summed E-state index contributed by atoms with van der Waals surface area (Å²) in [6.07, 6.45) is -2.02. The van der Waals surface area contributed by atoms with E-state index in [2.05, 4.69) is 21.8 Å².